The van der Waals surface area contributed by atoms with Crippen LogP contribution in [0.15, 0.2) is 41.0 Å². The average molecular weight is 394 g/mol. The van der Waals surface area contributed by atoms with Gasteiger partial charge in [-0.25, -0.2) is 0 Å². The van der Waals surface area contributed by atoms with Gasteiger partial charge in [-0.15, -0.1) is 0 Å². The van der Waals surface area contributed by atoms with Crippen LogP contribution in [0.5, 0.6) is 0 Å². The summed E-state index contributed by atoms with van der Waals surface area (Å²) in [5, 5.41) is 0. The van der Waals surface area contributed by atoms with E-state index in [1.807, 2.05) is 0 Å². The third-order valence-corrected chi connectivity index (χ3v) is 5.27. The smallest absolute Gasteiger partial charge is 0.289 e. The van der Waals surface area contributed by atoms with E-state index in [2.05, 4.69) is 0 Å². The molecule has 29 heavy (non-hydrogen) atoms. The van der Waals surface area contributed by atoms with Crippen LogP contribution in [0.25, 0.3) is 0 Å². The number of hydrogen-bond acceptors (Lipinski definition) is 6. The second-order valence-corrected chi connectivity index (χ2v) is 7.19. The van der Waals surface area contributed by atoms with Crippen molar-refractivity contribution in [2.24, 2.45) is 0 Å². The number of Topliss-reactive ketones (excluding diaryl/α,β-unsaturated/α-hetero) is 2. The largest absolute Gasteiger partial charge is 0.459 e. The van der Waals surface area contributed by atoms with Gasteiger partial charge in [-0.1, -0.05) is 12.1 Å². The first-order chi connectivity index (χ1) is 13.9. The standard InChI is InChI=1S/C21H18N2O6/c1-22(20(27)17-6-3-9-29-17)11-12-4-2-5-14-18(12)21(28)23(19(14)26)15-8-7-13(24)10-16(15)25/h2-6,9,15H,7-8,10-11H2,1H3. The highest BCUT2D eigenvalue weighted by Crippen LogP contribution is 2.31. The first-order valence-electron chi connectivity index (χ1n) is 9.21. The van der Waals surface area contributed by atoms with Crippen molar-refractivity contribution in [1.29, 1.82) is 0 Å². The van der Waals surface area contributed by atoms with Crippen LogP contribution in [0.1, 0.15) is 56.1 Å². The van der Waals surface area contributed by atoms with Crippen molar-refractivity contribution < 1.29 is 28.4 Å². The molecule has 2 aliphatic rings. The monoisotopic (exact) mass is 394 g/mol. The third-order valence-electron chi connectivity index (χ3n) is 5.27. The van der Waals surface area contributed by atoms with Gasteiger partial charge in [-0.3, -0.25) is 28.9 Å². The van der Waals surface area contributed by atoms with Crippen LogP contribution in [-0.2, 0) is 16.1 Å². The molecule has 1 unspecified atom stereocenters. The number of furan rings is 1. The van der Waals surface area contributed by atoms with E-state index in [4.69, 9.17) is 4.42 Å². The van der Waals surface area contributed by atoms with E-state index in [-0.39, 0.29) is 54.4 Å². The number of carbonyl (C=O) groups is 5. The van der Waals surface area contributed by atoms with Gasteiger partial charge in [0, 0.05) is 20.0 Å². The van der Waals surface area contributed by atoms with Crippen LogP contribution in [0.2, 0.25) is 0 Å². The average Bonchev–Trinajstić information content (AvgIpc) is 3.30. The molecule has 1 aromatic carbocycles. The van der Waals surface area contributed by atoms with Crippen LogP contribution in [0.3, 0.4) is 0 Å². The minimum absolute atomic E-state index is 0.0899. The highest BCUT2D eigenvalue weighted by atomic mass is 16.3. The Morgan fingerprint density at radius 2 is 1.93 bits per heavy atom. The summed E-state index contributed by atoms with van der Waals surface area (Å²) in [5.74, 6) is -1.89. The van der Waals surface area contributed by atoms with Gasteiger partial charge in [0.1, 0.15) is 5.78 Å². The number of benzene rings is 1. The summed E-state index contributed by atoms with van der Waals surface area (Å²) in [6, 6.07) is 7.07. The van der Waals surface area contributed by atoms with Gasteiger partial charge in [0.2, 0.25) is 0 Å². The summed E-state index contributed by atoms with van der Waals surface area (Å²) in [6.45, 7) is 0.0899. The molecule has 0 radical (unpaired) electrons. The number of imide groups is 1. The predicted molar refractivity (Wildman–Crippen MR) is 99.1 cm³/mol. The van der Waals surface area contributed by atoms with E-state index in [9.17, 15) is 24.0 Å². The summed E-state index contributed by atoms with van der Waals surface area (Å²) in [4.78, 5) is 64.5. The number of rotatable bonds is 4. The van der Waals surface area contributed by atoms with Gasteiger partial charge in [0.25, 0.3) is 17.7 Å². The Bertz CT molecular complexity index is 1040. The van der Waals surface area contributed by atoms with Crippen LogP contribution in [0.4, 0.5) is 0 Å². The zero-order valence-electron chi connectivity index (χ0n) is 15.7. The van der Waals surface area contributed by atoms with Crippen molar-refractivity contribution in [2.75, 3.05) is 7.05 Å². The fraction of sp³-hybridized carbons (Fsp3) is 0.286. The van der Waals surface area contributed by atoms with E-state index < -0.39 is 23.6 Å². The quantitative estimate of drug-likeness (QED) is 0.579. The Labute approximate surface area is 166 Å². The summed E-state index contributed by atoms with van der Waals surface area (Å²) >= 11 is 0. The first kappa shape index (κ1) is 18.8. The topological polar surface area (TPSA) is 105 Å². The first-order valence-corrected chi connectivity index (χ1v) is 9.21. The van der Waals surface area contributed by atoms with Crippen LogP contribution >= 0.6 is 0 Å². The lowest BCUT2D eigenvalue weighted by Crippen LogP contribution is -2.47. The number of amides is 3. The zero-order chi connectivity index (χ0) is 20.7. The Morgan fingerprint density at radius 1 is 1.14 bits per heavy atom. The maximum Gasteiger partial charge on any atom is 0.289 e. The van der Waals surface area contributed by atoms with Crippen LogP contribution in [-0.4, -0.2) is 52.2 Å². The Hall–Kier alpha value is -3.55. The minimum Gasteiger partial charge on any atom is -0.459 e. The van der Waals surface area contributed by atoms with Gasteiger partial charge in [0.15, 0.2) is 11.5 Å². The summed E-state index contributed by atoms with van der Waals surface area (Å²) in [7, 11) is 1.57. The predicted octanol–water partition coefficient (Wildman–Crippen LogP) is 1.84. The Morgan fingerprint density at radius 3 is 2.62 bits per heavy atom. The van der Waals surface area contributed by atoms with Crippen molar-refractivity contribution >= 4 is 29.3 Å². The molecule has 1 aromatic heterocycles. The highest BCUT2D eigenvalue weighted by Gasteiger charge is 2.45. The normalized spacial score (nSPS) is 18.9. The van der Waals surface area contributed by atoms with Crippen molar-refractivity contribution in [2.45, 2.75) is 31.8 Å². The number of ketones is 2. The molecule has 0 saturated heterocycles. The number of hydrogen-bond donors (Lipinski definition) is 0. The molecule has 1 fully saturated rings. The number of nitrogens with zero attached hydrogens (tertiary/aromatic N) is 2. The molecule has 4 rings (SSSR count). The van der Waals surface area contributed by atoms with E-state index in [1.165, 1.54) is 17.2 Å². The molecule has 1 aliphatic heterocycles. The van der Waals surface area contributed by atoms with Crippen molar-refractivity contribution in [1.82, 2.24) is 9.80 Å². The maximum absolute atomic E-state index is 13.1. The number of fused-ring (bicyclic) bond motifs is 1. The van der Waals surface area contributed by atoms with Gasteiger partial charge in [-0.05, 0) is 30.2 Å². The van der Waals surface area contributed by atoms with Crippen LogP contribution < -0.4 is 0 Å². The lowest BCUT2D eigenvalue weighted by molar-refractivity contribution is -0.132. The molecular weight excluding hydrogens is 376 g/mol. The molecule has 0 spiro atoms. The molecule has 2 aromatic rings. The van der Waals surface area contributed by atoms with Crippen molar-refractivity contribution in [3.8, 4) is 0 Å². The molecule has 1 aliphatic carbocycles. The lowest BCUT2D eigenvalue weighted by atomic mass is 9.92. The Balaban J connectivity index is 1.62. The maximum atomic E-state index is 13.1. The summed E-state index contributed by atoms with van der Waals surface area (Å²) in [5.41, 5.74) is 0.905. The van der Waals surface area contributed by atoms with Gasteiger partial charge in [-0.2, -0.15) is 0 Å². The van der Waals surface area contributed by atoms with E-state index in [0.717, 1.165) is 4.90 Å². The number of carbonyl (C=O) groups excluding carboxylic acids is 5. The fourth-order valence-corrected chi connectivity index (χ4v) is 3.84. The zero-order valence-corrected chi connectivity index (χ0v) is 15.7. The van der Waals surface area contributed by atoms with Gasteiger partial charge in [0.05, 0.1) is 29.9 Å². The molecule has 148 valence electrons. The van der Waals surface area contributed by atoms with E-state index >= 15 is 0 Å². The van der Waals surface area contributed by atoms with Crippen molar-refractivity contribution in [3.63, 3.8) is 0 Å². The highest BCUT2D eigenvalue weighted by molar-refractivity contribution is 6.24. The second-order valence-electron chi connectivity index (χ2n) is 7.19. The molecule has 0 N–H and O–H groups in total. The summed E-state index contributed by atoms with van der Waals surface area (Å²) in [6.07, 6.45) is 1.45. The van der Waals surface area contributed by atoms with E-state index in [0.29, 0.717) is 5.56 Å². The third kappa shape index (κ3) is 3.16. The fourth-order valence-electron chi connectivity index (χ4n) is 3.84. The molecule has 8 heteroatoms. The Kier molecular flexibility index (Phi) is 4.62. The molecule has 8 nitrogen and oxygen atoms in total. The van der Waals surface area contributed by atoms with Crippen LogP contribution in [0, 0.1) is 0 Å². The SMILES string of the molecule is CN(Cc1cccc2c1C(=O)N(C1CCC(=O)CC1=O)C2=O)C(=O)c1ccco1. The van der Waals surface area contributed by atoms with Gasteiger partial charge >= 0.3 is 0 Å². The molecule has 3 amide bonds. The lowest BCUT2D eigenvalue weighted by Gasteiger charge is -2.27. The summed E-state index contributed by atoms with van der Waals surface area (Å²) < 4.78 is 5.12. The van der Waals surface area contributed by atoms with Crippen molar-refractivity contribution in [3.05, 3.63) is 59.0 Å². The molecule has 1 saturated carbocycles. The van der Waals surface area contributed by atoms with Gasteiger partial charge < -0.3 is 9.32 Å². The molecule has 1 atom stereocenters. The molecule has 0 bridgehead atoms. The van der Waals surface area contributed by atoms with E-state index in [1.54, 1.807) is 31.3 Å². The molecular formula is C21H18N2O6. The molecule has 2 heterocycles. The second kappa shape index (κ2) is 7.12. The minimum atomic E-state index is -0.921.